The molecular formula is C79H45N9. The molecule has 0 amide bonds. The van der Waals surface area contributed by atoms with Gasteiger partial charge in [0.25, 0.3) is 0 Å². The van der Waals surface area contributed by atoms with Gasteiger partial charge < -0.3 is 9.13 Å². The standard InChI is InChI=1S/C79H45N9/c80-46-50-13-9-21-56(37-50)60-27-32-72-66(41-60)67-42-61(57-22-10-14-51(38-57)47-81)28-33-73(67)87(72)71-26-8-7-25-65(71)64-31-36-76(70(45-64)79-85-77(54-17-3-1-4-18-54)84-78(86-79)55-19-5-2-6-20-55)88-74-34-29-62(58-23-11-15-52(39-58)48-82)43-68(74)69-44-63(30-35-75(69)88)59-24-12-16-53(40-59)49-83/h1-45H. The molecule has 9 nitrogen and oxygen atoms in total. The van der Waals surface area contributed by atoms with Gasteiger partial charge in [-0.25, -0.2) is 15.0 Å². The zero-order chi connectivity index (χ0) is 59.2. The van der Waals surface area contributed by atoms with Crippen molar-refractivity contribution in [2.45, 2.75) is 0 Å². The van der Waals surface area contributed by atoms with Gasteiger partial charge in [-0.3, -0.25) is 0 Å². The Labute approximate surface area is 506 Å². The summed E-state index contributed by atoms with van der Waals surface area (Å²) in [5.41, 5.74) is 19.9. The third kappa shape index (κ3) is 9.24. The van der Waals surface area contributed by atoms with Crippen molar-refractivity contribution in [2.24, 2.45) is 0 Å². The summed E-state index contributed by atoms with van der Waals surface area (Å²) in [7, 11) is 0. The lowest BCUT2D eigenvalue weighted by Gasteiger charge is -2.18. The van der Waals surface area contributed by atoms with E-state index in [9.17, 15) is 21.0 Å². The number of fused-ring (bicyclic) bond motifs is 6. The summed E-state index contributed by atoms with van der Waals surface area (Å²) in [4.78, 5) is 16.0. The highest BCUT2D eigenvalue weighted by Gasteiger charge is 2.24. The van der Waals surface area contributed by atoms with E-state index in [4.69, 9.17) is 15.0 Å². The minimum Gasteiger partial charge on any atom is -0.309 e. The Morgan fingerprint density at radius 3 is 0.909 bits per heavy atom. The maximum absolute atomic E-state index is 9.96. The second kappa shape index (κ2) is 21.8. The summed E-state index contributed by atoms with van der Waals surface area (Å²) in [6.45, 7) is 0. The minimum absolute atomic E-state index is 0.477. The molecule has 406 valence electrons. The van der Waals surface area contributed by atoms with E-state index < -0.39 is 0 Å². The fraction of sp³-hybridized carbons (Fsp3) is 0. The molecule has 15 rings (SSSR count). The van der Waals surface area contributed by atoms with E-state index in [1.165, 1.54) is 0 Å². The molecular weight excluding hydrogens is 1070 g/mol. The largest absolute Gasteiger partial charge is 0.309 e. The molecule has 0 radical (unpaired) electrons. The van der Waals surface area contributed by atoms with Gasteiger partial charge in [0.05, 0.1) is 80.0 Å². The predicted octanol–water partition coefficient (Wildman–Crippen LogP) is 18.9. The SMILES string of the molecule is N#Cc1cccc(-c2ccc3c(c2)c2cc(-c4cccc(C#N)c4)ccc2n3-c2ccccc2-c2ccc(-n3c4ccc(-c5cccc(C#N)c5)cc4c4cc(-c5cccc(C#N)c5)ccc43)c(-c3nc(-c4ccccc4)nc(-c4ccccc4)n3)c2)c1. The van der Waals surface area contributed by atoms with E-state index >= 15 is 0 Å². The van der Waals surface area contributed by atoms with E-state index in [2.05, 4.69) is 149 Å². The lowest BCUT2D eigenvalue weighted by atomic mass is 9.98. The molecule has 0 fully saturated rings. The van der Waals surface area contributed by atoms with E-state index in [1.54, 1.807) is 0 Å². The molecule has 0 N–H and O–H groups in total. The van der Waals surface area contributed by atoms with Crippen LogP contribution in [0.5, 0.6) is 0 Å². The van der Waals surface area contributed by atoms with Crippen LogP contribution in [0.3, 0.4) is 0 Å². The fourth-order valence-electron chi connectivity index (χ4n) is 12.3. The van der Waals surface area contributed by atoms with Crippen molar-refractivity contribution in [2.75, 3.05) is 0 Å². The molecule has 0 aliphatic carbocycles. The number of hydrogen-bond donors (Lipinski definition) is 0. The number of benzene rings is 12. The molecule has 0 saturated heterocycles. The topological polar surface area (TPSA) is 144 Å². The van der Waals surface area contributed by atoms with Crippen molar-refractivity contribution >= 4 is 43.6 Å². The highest BCUT2D eigenvalue weighted by molar-refractivity contribution is 6.14. The number of hydrogen-bond acceptors (Lipinski definition) is 7. The van der Waals surface area contributed by atoms with Crippen LogP contribution in [0.15, 0.2) is 273 Å². The Bertz CT molecular complexity index is 5230. The van der Waals surface area contributed by atoms with Crippen LogP contribution in [0.2, 0.25) is 0 Å². The van der Waals surface area contributed by atoms with Crippen LogP contribution in [0.25, 0.3) is 145 Å². The maximum atomic E-state index is 9.96. The molecule has 88 heavy (non-hydrogen) atoms. The van der Waals surface area contributed by atoms with E-state index in [0.29, 0.717) is 39.7 Å². The maximum Gasteiger partial charge on any atom is 0.166 e. The van der Waals surface area contributed by atoms with Crippen LogP contribution in [-0.4, -0.2) is 24.1 Å². The summed E-state index contributed by atoms with van der Waals surface area (Å²) in [5, 5.41) is 43.8. The molecule has 15 aromatic rings. The van der Waals surface area contributed by atoms with Gasteiger partial charge in [0.2, 0.25) is 0 Å². The third-order valence-corrected chi connectivity index (χ3v) is 16.5. The molecule has 3 heterocycles. The zero-order valence-electron chi connectivity index (χ0n) is 47.0. The molecule has 0 bridgehead atoms. The summed E-state index contributed by atoms with van der Waals surface area (Å²) in [5.74, 6) is 1.53. The molecule has 0 aliphatic heterocycles. The van der Waals surface area contributed by atoms with Crippen molar-refractivity contribution in [3.63, 3.8) is 0 Å². The number of rotatable bonds is 10. The van der Waals surface area contributed by atoms with Gasteiger partial charge in [0.1, 0.15) is 0 Å². The minimum atomic E-state index is 0.477. The van der Waals surface area contributed by atoms with Crippen LogP contribution in [0.4, 0.5) is 0 Å². The normalized spacial score (nSPS) is 11.1. The van der Waals surface area contributed by atoms with Gasteiger partial charge in [0, 0.05) is 43.8 Å². The molecule has 0 saturated carbocycles. The number of nitrogens with zero attached hydrogens (tertiary/aromatic N) is 9. The van der Waals surface area contributed by atoms with Gasteiger partial charge in [-0.05, 0) is 165 Å². The Morgan fingerprint density at radius 1 is 0.227 bits per heavy atom. The number of aromatic nitrogens is 5. The average molecular weight is 1120 g/mol. The van der Waals surface area contributed by atoms with Crippen molar-refractivity contribution in [3.8, 4) is 125 Å². The van der Waals surface area contributed by atoms with Crippen LogP contribution >= 0.6 is 0 Å². The van der Waals surface area contributed by atoms with Crippen LogP contribution in [-0.2, 0) is 0 Å². The Hall–Kier alpha value is -12.8. The first-order valence-corrected chi connectivity index (χ1v) is 28.7. The average Bonchev–Trinajstić information content (AvgIpc) is 1.62. The van der Waals surface area contributed by atoms with E-state index in [1.807, 2.05) is 158 Å². The van der Waals surface area contributed by atoms with Gasteiger partial charge >= 0.3 is 0 Å². The Balaban J connectivity index is 0.994. The van der Waals surface area contributed by atoms with E-state index in [0.717, 1.165) is 127 Å². The van der Waals surface area contributed by atoms with Gasteiger partial charge in [0.15, 0.2) is 17.5 Å². The second-order valence-corrected chi connectivity index (χ2v) is 21.7. The Morgan fingerprint density at radius 2 is 0.534 bits per heavy atom. The van der Waals surface area contributed by atoms with Crippen LogP contribution in [0.1, 0.15) is 22.3 Å². The van der Waals surface area contributed by atoms with Crippen LogP contribution in [0, 0.1) is 45.3 Å². The molecule has 3 aromatic heterocycles. The zero-order valence-corrected chi connectivity index (χ0v) is 47.0. The van der Waals surface area contributed by atoms with Crippen molar-refractivity contribution in [3.05, 3.63) is 295 Å². The molecule has 0 aliphatic rings. The summed E-state index contributed by atoms with van der Waals surface area (Å²) in [6, 6.07) is 101. The second-order valence-electron chi connectivity index (χ2n) is 21.7. The number of nitriles is 4. The number of para-hydroxylation sites is 1. The van der Waals surface area contributed by atoms with Gasteiger partial charge in [-0.1, -0.05) is 158 Å². The highest BCUT2D eigenvalue weighted by atomic mass is 15.1. The predicted molar refractivity (Wildman–Crippen MR) is 351 cm³/mol. The quantitative estimate of drug-likeness (QED) is 0.133. The van der Waals surface area contributed by atoms with Gasteiger partial charge in [-0.2, -0.15) is 21.0 Å². The summed E-state index contributed by atoms with van der Waals surface area (Å²) in [6.07, 6.45) is 0. The third-order valence-electron chi connectivity index (χ3n) is 16.5. The van der Waals surface area contributed by atoms with Crippen molar-refractivity contribution < 1.29 is 0 Å². The first kappa shape index (κ1) is 52.0. The first-order valence-electron chi connectivity index (χ1n) is 28.7. The lowest BCUT2D eigenvalue weighted by molar-refractivity contribution is 1.06. The van der Waals surface area contributed by atoms with Crippen molar-refractivity contribution in [1.29, 1.82) is 21.0 Å². The highest BCUT2D eigenvalue weighted by Crippen LogP contribution is 2.44. The first-order chi connectivity index (χ1) is 43.4. The molecule has 0 unspecified atom stereocenters. The molecule has 12 aromatic carbocycles. The fourth-order valence-corrected chi connectivity index (χ4v) is 12.3. The molecule has 0 spiro atoms. The van der Waals surface area contributed by atoms with Crippen molar-refractivity contribution in [1.82, 2.24) is 24.1 Å². The molecule has 0 atom stereocenters. The van der Waals surface area contributed by atoms with Gasteiger partial charge in [-0.15, -0.1) is 0 Å². The summed E-state index contributed by atoms with van der Waals surface area (Å²) >= 11 is 0. The summed E-state index contributed by atoms with van der Waals surface area (Å²) < 4.78 is 4.64. The smallest absolute Gasteiger partial charge is 0.166 e. The van der Waals surface area contributed by atoms with Crippen LogP contribution < -0.4 is 0 Å². The monoisotopic (exact) mass is 1120 g/mol. The van der Waals surface area contributed by atoms with E-state index in [-0.39, 0.29) is 0 Å². The lowest BCUT2D eigenvalue weighted by Crippen LogP contribution is -2.04. The Kier molecular flexibility index (Phi) is 12.9. The molecule has 9 heteroatoms.